The van der Waals surface area contributed by atoms with Crippen LogP contribution in [0.3, 0.4) is 0 Å². The van der Waals surface area contributed by atoms with Gasteiger partial charge in [0.15, 0.2) is 0 Å². The molecule has 0 bridgehead atoms. The molecule has 6 heteroatoms. The van der Waals surface area contributed by atoms with Crippen LogP contribution in [0.4, 0.5) is 5.95 Å². The number of aromatic nitrogens is 2. The van der Waals surface area contributed by atoms with E-state index in [0.29, 0.717) is 12.5 Å². The molecule has 1 rings (SSSR count). The summed E-state index contributed by atoms with van der Waals surface area (Å²) in [5.41, 5.74) is 1.02. The number of nitrogens with zero attached hydrogens (tertiary/aromatic N) is 3. The van der Waals surface area contributed by atoms with Gasteiger partial charge in [-0.1, -0.05) is 0 Å². The Morgan fingerprint density at radius 3 is 2.47 bits per heavy atom. The molecule has 0 spiro atoms. The van der Waals surface area contributed by atoms with E-state index in [2.05, 4.69) is 20.6 Å². The highest BCUT2D eigenvalue weighted by atomic mass is 16.2. The fraction of sp³-hybridized carbons (Fsp3) is 0.615. The molecule has 1 amide bonds. The van der Waals surface area contributed by atoms with Crippen LogP contribution in [0.5, 0.6) is 0 Å². The molecule has 0 radical (unpaired) electrons. The van der Waals surface area contributed by atoms with Crippen LogP contribution in [0.15, 0.2) is 12.4 Å². The van der Waals surface area contributed by atoms with E-state index in [0.717, 1.165) is 12.1 Å². The molecule has 0 saturated carbocycles. The molecule has 6 nitrogen and oxygen atoms in total. The fourth-order valence-electron chi connectivity index (χ4n) is 1.67. The van der Waals surface area contributed by atoms with Crippen molar-refractivity contribution in [1.82, 2.24) is 20.6 Å². The van der Waals surface area contributed by atoms with Gasteiger partial charge in [0, 0.05) is 37.1 Å². The number of amides is 1. The normalized spacial score (nSPS) is 10.6. The molecule has 19 heavy (non-hydrogen) atoms. The molecule has 0 aliphatic carbocycles. The zero-order chi connectivity index (χ0) is 14.3. The van der Waals surface area contributed by atoms with E-state index >= 15 is 0 Å². The van der Waals surface area contributed by atoms with Crippen molar-refractivity contribution >= 4 is 11.9 Å². The standard InChI is InChI=1S/C13H23N5O/c1-5-18(9-12(19)17-10(2)3)13-15-7-11(6-14-4)8-16-13/h7-8,10,14H,5-6,9H2,1-4H3,(H,17,19). The van der Waals surface area contributed by atoms with Crippen LogP contribution in [-0.2, 0) is 11.3 Å². The van der Waals surface area contributed by atoms with Crippen molar-refractivity contribution in [2.75, 3.05) is 25.0 Å². The van der Waals surface area contributed by atoms with E-state index in [9.17, 15) is 4.79 Å². The van der Waals surface area contributed by atoms with Crippen LogP contribution in [0, 0.1) is 0 Å². The lowest BCUT2D eigenvalue weighted by molar-refractivity contribution is -0.120. The molecule has 1 aromatic rings. The van der Waals surface area contributed by atoms with Crippen LogP contribution >= 0.6 is 0 Å². The van der Waals surface area contributed by atoms with Crippen molar-refractivity contribution < 1.29 is 4.79 Å². The van der Waals surface area contributed by atoms with E-state index in [4.69, 9.17) is 0 Å². The summed E-state index contributed by atoms with van der Waals surface area (Å²) in [7, 11) is 1.88. The zero-order valence-electron chi connectivity index (χ0n) is 12.1. The van der Waals surface area contributed by atoms with Crippen molar-refractivity contribution in [2.45, 2.75) is 33.4 Å². The van der Waals surface area contributed by atoms with Crippen molar-refractivity contribution in [3.63, 3.8) is 0 Å². The second-order valence-corrected chi connectivity index (χ2v) is 4.66. The van der Waals surface area contributed by atoms with E-state index in [1.165, 1.54) is 0 Å². The molecule has 0 aliphatic heterocycles. The number of nitrogens with one attached hydrogen (secondary N) is 2. The lowest BCUT2D eigenvalue weighted by Gasteiger charge is -2.20. The number of hydrogen-bond acceptors (Lipinski definition) is 5. The van der Waals surface area contributed by atoms with Gasteiger partial charge in [-0.25, -0.2) is 9.97 Å². The van der Waals surface area contributed by atoms with Gasteiger partial charge in [0.2, 0.25) is 11.9 Å². The van der Waals surface area contributed by atoms with Crippen LogP contribution in [0.1, 0.15) is 26.3 Å². The number of rotatable bonds is 7. The topological polar surface area (TPSA) is 70.2 Å². The molecule has 0 aromatic carbocycles. The van der Waals surface area contributed by atoms with Gasteiger partial charge >= 0.3 is 0 Å². The Labute approximate surface area is 114 Å². The van der Waals surface area contributed by atoms with Crippen LogP contribution < -0.4 is 15.5 Å². The smallest absolute Gasteiger partial charge is 0.239 e. The lowest BCUT2D eigenvalue weighted by atomic mass is 10.3. The molecular formula is C13H23N5O. The summed E-state index contributed by atoms with van der Waals surface area (Å²) in [6.07, 6.45) is 3.56. The summed E-state index contributed by atoms with van der Waals surface area (Å²) in [5.74, 6) is 0.570. The first kappa shape index (κ1) is 15.4. The van der Waals surface area contributed by atoms with E-state index in [1.807, 2.05) is 32.7 Å². The molecular weight excluding hydrogens is 242 g/mol. The molecule has 0 unspecified atom stereocenters. The summed E-state index contributed by atoms with van der Waals surface area (Å²) in [4.78, 5) is 22.2. The summed E-state index contributed by atoms with van der Waals surface area (Å²) < 4.78 is 0. The minimum absolute atomic E-state index is 0.0141. The van der Waals surface area contributed by atoms with Crippen molar-refractivity contribution in [3.8, 4) is 0 Å². The second-order valence-electron chi connectivity index (χ2n) is 4.66. The minimum atomic E-state index is -0.0141. The van der Waals surface area contributed by atoms with E-state index < -0.39 is 0 Å². The minimum Gasteiger partial charge on any atom is -0.352 e. The third-order valence-electron chi connectivity index (χ3n) is 2.52. The first-order valence-corrected chi connectivity index (χ1v) is 6.56. The average Bonchev–Trinajstić information content (AvgIpc) is 2.36. The van der Waals surface area contributed by atoms with Crippen LogP contribution in [0.25, 0.3) is 0 Å². The fourth-order valence-corrected chi connectivity index (χ4v) is 1.67. The molecule has 1 aromatic heterocycles. The van der Waals surface area contributed by atoms with Crippen molar-refractivity contribution in [1.29, 1.82) is 0 Å². The number of carbonyl (C=O) groups excluding carboxylic acids is 1. The molecule has 0 fully saturated rings. The predicted molar refractivity (Wildman–Crippen MR) is 76.0 cm³/mol. The molecule has 0 saturated heterocycles. The third kappa shape index (κ3) is 5.21. The average molecular weight is 265 g/mol. The van der Waals surface area contributed by atoms with E-state index in [1.54, 1.807) is 12.4 Å². The highest BCUT2D eigenvalue weighted by molar-refractivity contribution is 5.80. The monoisotopic (exact) mass is 265 g/mol. The Hall–Kier alpha value is -1.69. The van der Waals surface area contributed by atoms with Gasteiger partial charge in [-0.05, 0) is 27.8 Å². The molecule has 0 aliphatic rings. The molecule has 0 atom stereocenters. The van der Waals surface area contributed by atoms with Gasteiger partial charge in [0.05, 0.1) is 6.54 Å². The zero-order valence-corrected chi connectivity index (χ0v) is 12.1. The SMILES string of the molecule is CCN(CC(=O)NC(C)C)c1ncc(CNC)cn1. The first-order chi connectivity index (χ1) is 9.06. The Morgan fingerprint density at radius 1 is 1.37 bits per heavy atom. The van der Waals surface area contributed by atoms with Crippen LogP contribution in [-0.4, -0.2) is 42.1 Å². The first-order valence-electron chi connectivity index (χ1n) is 6.56. The van der Waals surface area contributed by atoms with Gasteiger partial charge in [0.1, 0.15) is 0 Å². The summed E-state index contributed by atoms with van der Waals surface area (Å²) >= 11 is 0. The number of anilines is 1. The largest absolute Gasteiger partial charge is 0.352 e. The Bertz CT molecular complexity index is 391. The summed E-state index contributed by atoms with van der Waals surface area (Å²) in [6, 6.07) is 0.144. The Morgan fingerprint density at radius 2 is 2.00 bits per heavy atom. The van der Waals surface area contributed by atoms with Gasteiger partial charge in [-0.2, -0.15) is 0 Å². The lowest BCUT2D eigenvalue weighted by Crippen LogP contribution is -2.40. The van der Waals surface area contributed by atoms with Crippen LogP contribution in [0.2, 0.25) is 0 Å². The Balaban J connectivity index is 2.66. The maximum absolute atomic E-state index is 11.7. The van der Waals surface area contributed by atoms with Gasteiger partial charge < -0.3 is 15.5 Å². The number of likely N-dealkylation sites (N-methyl/N-ethyl adjacent to an activating group) is 1. The number of carbonyl (C=O) groups is 1. The van der Waals surface area contributed by atoms with Gasteiger partial charge in [0.25, 0.3) is 0 Å². The predicted octanol–water partition coefficient (Wildman–Crippen LogP) is 0.547. The molecule has 1 heterocycles. The Kier molecular flexibility index (Phi) is 6.21. The van der Waals surface area contributed by atoms with Crippen molar-refractivity contribution in [3.05, 3.63) is 18.0 Å². The highest BCUT2D eigenvalue weighted by Gasteiger charge is 2.12. The van der Waals surface area contributed by atoms with Gasteiger partial charge in [-0.15, -0.1) is 0 Å². The highest BCUT2D eigenvalue weighted by Crippen LogP contribution is 2.06. The summed E-state index contributed by atoms with van der Waals surface area (Å²) in [6.45, 7) is 7.57. The molecule has 2 N–H and O–H groups in total. The van der Waals surface area contributed by atoms with E-state index in [-0.39, 0.29) is 18.5 Å². The second kappa shape index (κ2) is 7.68. The quantitative estimate of drug-likeness (QED) is 0.753. The number of hydrogen-bond donors (Lipinski definition) is 2. The maximum atomic E-state index is 11.7. The molecule has 106 valence electrons. The summed E-state index contributed by atoms with van der Waals surface area (Å²) in [5, 5.41) is 5.91. The van der Waals surface area contributed by atoms with Gasteiger partial charge in [-0.3, -0.25) is 4.79 Å². The third-order valence-corrected chi connectivity index (χ3v) is 2.52. The maximum Gasteiger partial charge on any atom is 0.239 e. The van der Waals surface area contributed by atoms with Crippen molar-refractivity contribution in [2.24, 2.45) is 0 Å².